The van der Waals surface area contributed by atoms with Crippen molar-refractivity contribution < 1.29 is 9.59 Å². The molecule has 0 saturated heterocycles. The third kappa shape index (κ3) is 5.97. The molecule has 0 spiro atoms. The van der Waals surface area contributed by atoms with Gasteiger partial charge in [-0.25, -0.2) is 0 Å². The Morgan fingerprint density at radius 3 is 2.21 bits per heavy atom. The Balaban J connectivity index is 2.35. The zero-order valence-electron chi connectivity index (χ0n) is 19.3. The van der Waals surface area contributed by atoms with Gasteiger partial charge in [-0.2, -0.15) is 0 Å². The lowest BCUT2D eigenvalue weighted by Crippen LogP contribution is -2.44. The molecular weight excluding hydrogens is 362 g/mol. The fourth-order valence-electron chi connectivity index (χ4n) is 3.65. The number of anilines is 2. The molecule has 0 aliphatic heterocycles. The molecule has 1 saturated carbocycles. The van der Waals surface area contributed by atoms with Crippen LogP contribution in [0, 0.1) is 17.8 Å². The molecule has 1 aliphatic carbocycles. The number of hydrogen-bond acceptors (Lipinski definition) is 3. The van der Waals surface area contributed by atoms with Gasteiger partial charge in [0.2, 0.25) is 11.8 Å². The normalized spacial score (nSPS) is 14.8. The van der Waals surface area contributed by atoms with Crippen molar-refractivity contribution in [3.05, 3.63) is 23.8 Å². The molecule has 1 aromatic rings. The Hall–Kier alpha value is -2.04. The highest BCUT2D eigenvalue weighted by atomic mass is 16.2. The first-order valence-electron chi connectivity index (χ1n) is 11.1. The number of carbonyl (C=O) groups is 2. The highest BCUT2D eigenvalue weighted by Crippen LogP contribution is 2.32. The second-order valence-electron chi connectivity index (χ2n) is 8.97. The maximum absolute atomic E-state index is 13.3. The number of benzene rings is 1. The minimum atomic E-state index is 0.0526. The summed E-state index contributed by atoms with van der Waals surface area (Å²) in [5.74, 6) is 0.925. The van der Waals surface area contributed by atoms with Gasteiger partial charge in [0.15, 0.2) is 0 Å². The quantitative estimate of drug-likeness (QED) is 0.606. The number of carbonyl (C=O) groups excluding carboxylic acids is 2. The van der Waals surface area contributed by atoms with Gasteiger partial charge in [0.1, 0.15) is 0 Å². The maximum Gasteiger partial charge on any atom is 0.227 e. The molecule has 1 N–H and O–H groups in total. The molecule has 1 atom stereocenters. The summed E-state index contributed by atoms with van der Waals surface area (Å²) in [6.45, 7) is 11.2. The zero-order chi connectivity index (χ0) is 21.7. The van der Waals surface area contributed by atoms with Crippen molar-refractivity contribution in [2.45, 2.75) is 72.9 Å². The van der Waals surface area contributed by atoms with Gasteiger partial charge in [-0.3, -0.25) is 9.59 Å². The molecule has 0 heterocycles. The minimum absolute atomic E-state index is 0.0526. The molecule has 0 bridgehead atoms. The minimum Gasteiger partial charge on any atom is -0.377 e. The summed E-state index contributed by atoms with van der Waals surface area (Å²) in [6, 6.07) is 6.17. The van der Waals surface area contributed by atoms with E-state index in [1.165, 1.54) is 0 Å². The Labute approximate surface area is 176 Å². The first-order valence-corrected chi connectivity index (χ1v) is 11.1. The molecule has 2 rings (SSSR count). The molecule has 1 aromatic carbocycles. The van der Waals surface area contributed by atoms with Crippen LogP contribution >= 0.6 is 0 Å². The molecule has 162 valence electrons. The van der Waals surface area contributed by atoms with Crippen molar-refractivity contribution in [2.75, 3.05) is 24.3 Å². The lowest BCUT2D eigenvalue weighted by Gasteiger charge is -2.35. The second kappa shape index (κ2) is 10.1. The summed E-state index contributed by atoms with van der Waals surface area (Å²) in [6.07, 6.45) is 3.68. The Morgan fingerprint density at radius 1 is 1.10 bits per heavy atom. The number of amides is 2. The summed E-state index contributed by atoms with van der Waals surface area (Å²) >= 11 is 0. The van der Waals surface area contributed by atoms with E-state index in [2.05, 4.69) is 44.8 Å². The van der Waals surface area contributed by atoms with E-state index in [4.69, 9.17) is 0 Å². The molecule has 0 unspecified atom stereocenters. The van der Waals surface area contributed by atoms with Crippen molar-refractivity contribution in [1.82, 2.24) is 4.90 Å². The molecule has 0 radical (unpaired) electrons. The first kappa shape index (κ1) is 23.2. The van der Waals surface area contributed by atoms with Crippen molar-refractivity contribution in [2.24, 2.45) is 17.8 Å². The van der Waals surface area contributed by atoms with E-state index in [1.807, 2.05) is 37.2 Å². The van der Waals surface area contributed by atoms with E-state index in [1.54, 1.807) is 0 Å². The van der Waals surface area contributed by atoms with E-state index in [0.717, 1.165) is 42.6 Å². The molecular formula is C24H39N3O2. The first-order chi connectivity index (χ1) is 13.7. The fraction of sp³-hybridized carbons (Fsp3) is 0.667. The third-order valence-corrected chi connectivity index (χ3v) is 6.19. The lowest BCUT2D eigenvalue weighted by molar-refractivity contribution is -0.139. The maximum atomic E-state index is 13.3. The number of hydrogen-bond donors (Lipinski definition) is 1. The van der Waals surface area contributed by atoms with Crippen LogP contribution in [-0.2, 0) is 16.1 Å². The van der Waals surface area contributed by atoms with Crippen LogP contribution in [0.25, 0.3) is 0 Å². The average molecular weight is 402 g/mol. The molecule has 29 heavy (non-hydrogen) atoms. The van der Waals surface area contributed by atoms with Crippen molar-refractivity contribution in [3.63, 3.8) is 0 Å². The fourth-order valence-corrected chi connectivity index (χ4v) is 3.65. The summed E-state index contributed by atoms with van der Waals surface area (Å²) in [5, 5.41) is 3.05. The standard InChI is InChI=1S/C24H39N3O2/c1-8-18(9-2)24(29)27(17(5)16(3)4)15-20-14-21(12-13-22(20)26(6)7)25-23(28)19-10-11-19/h12-14,16-19H,8-11,15H2,1-7H3,(H,25,28)/t17-/m0/s1. The van der Waals surface area contributed by atoms with Crippen LogP contribution in [0.15, 0.2) is 18.2 Å². The molecule has 1 fully saturated rings. The zero-order valence-corrected chi connectivity index (χ0v) is 19.3. The van der Waals surface area contributed by atoms with E-state index in [9.17, 15) is 9.59 Å². The van der Waals surface area contributed by atoms with Crippen LogP contribution in [-0.4, -0.2) is 36.9 Å². The topological polar surface area (TPSA) is 52.7 Å². The molecule has 5 nitrogen and oxygen atoms in total. The number of nitrogens with one attached hydrogen (secondary N) is 1. The lowest BCUT2D eigenvalue weighted by atomic mass is 9.97. The smallest absolute Gasteiger partial charge is 0.227 e. The number of rotatable bonds is 10. The highest BCUT2D eigenvalue weighted by molar-refractivity contribution is 5.94. The van der Waals surface area contributed by atoms with Crippen LogP contribution in [0.2, 0.25) is 0 Å². The molecule has 0 aromatic heterocycles. The predicted molar refractivity (Wildman–Crippen MR) is 121 cm³/mol. The van der Waals surface area contributed by atoms with Crippen molar-refractivity contribution in [1.29, 1.82) is 0 Å². The summed E-state index contributed by atoms with van der Waals surface area (Å²) in [7, 11) is 4.03. The van der Waals surface area contributed by atoms with Crippen molar-refractivity contribution in [3.8, 4) is 0 Å². The number of nitrogens with zero attached hydrogens (tertiary/aromatic N) is 2. The van der Waals surface area contributed by atoms with Crippen LogP contribution in [0.4, 0.5) is 11.4 Å². The van der Waals surface area contributed by atoms with Gasteiger partial charge >= 0.3 is 0 Å². The van der Waals surface area contributed by atoms with Gasteiger partial charge in [-0.1, -0.05) is 27.7 Å². The predicted octanol–water partition coefficient (Wildman–Crippen LogP) is 4.91. The third-order valence-electron chi connectivity index (χ3n) is 6.19. The van der Waals surface area contributed by atoms with Crippen LogP contribution < -0.4 is 10.2 Å². The SMILES string of the molecule is CCC(CC)C(=O)N(Cc1cc(NC(=O)C2CC2)ccc1N(C)C)[C@@H](C)C(C)C. The van der Waals surface area contributed by atoms with Crippen LogP contribution in [0.1, 0.15) is 65.9 Å². The Morgan fingerprint density at radius 2 is 1.72 bits per heavy atom. The molecule has 5 heteroatoms. The van der Waals surface area contributed by atoms with Gasteiger partial charge in [-0.15, -0.1) is 0 Å². The summed E-state index contributed by atoms with van der Waals surface area (Å²) in [5.41, 5.74) is 2.96. The Kier molecular flexibility index (Phi) is 8.12. The van der Waals surface area contributed by atoms with Crippen LogP contribution in [0.3, 0.4) is 0 Å². The van der Waals surface area contributed by atoms with E-state index >= 15 is 0 Å². The van der Waals surface area contributed by atoms with Gasteiger partial charge in [0, 0.05) is 49.9 Å². The Bertz CT molecular complexity index is 706. The molecule has 1 aliphatic rings. The summed E-state index contributed by atoms with van der Waals surface area (Å²) < 4.78 is 0. The van der Waals surface area contributed by atoms with E-state index in [0.29, 0.717) is 12.5 Å². The largest absolute Gasteiger partial charge is 0.377 e. The van der Waals surface area contributed by atoms with Gasteiger partial charge in [0.05, 0.1) is 0 Å². The second-order valence-corrected chi connectivity index (χ2v) is 8.97. The van der Waals surface area contributed by atoms with Gasteiger partial charge < -0.3 is 15.1 Å². The highest BCUT2D eigenvalue weighted by Gasteiger charge is 2.30. The van der Waals surface area contributed by atoms with E-state index in [-0.39, 0.29) is 29.7 Å². The average Bonchev–Trinajstić information content (AvgIpc) is 3.51. The van der Waals surface area contributed by atoms with Gasteiger partial charge in [-0.05, 0) is 62.3 Å². The van der Waals surface area contributed by atoms with Gasteiger partial charge in [0.25, 0.3) is 0 Å². The van der Waals surface area contributed by atoms with Crippen molar-refractivity contribution >= 4 is 23.2 Å². The molecule has 2 amide bonds. The van der Waals surface area contributed by atoms with E-state index < -0.39 is 0 Å². The summed E-state index contributed by atoms with van der Waals surface area (Å²) in [4.78, 5) is 29.7. The van der Waals surface area contributed by atoms with Crippen LogP contribution in [0.5, 0.6) is 0 Å². The monoisotopic (exact) mass is 401 g/mol.